The van der Waals surface area contributed by atoms with Crippen molar-refractivity contribution in [1.29, 1.82) is 0 Å². The first-order valence-electron chi connectivity index (χ1n) is 10.6. The van der Waals surface area contributed by atoms with E-state index < -0.39 is 18.0 Å². The number of nitrogens with one attached hydrogen (secondary N) is 3. The Bertz CT molecular complexity index is 1200. The van der Waals surface area contributed by atoms with Crippen LogP contribution in [0.3, 0.4) is 0 Å². The van der Waals surface area contributed by atoms with Gasteiger partial charge in [0.05, 0.1) is 12.1 Å². The van der Waals surface area contributed by atoms with Crippen LogP contribution in [0.25, 0.3) is 10.9 Å². The molecule has 1 aromatic heterocycles. The molecule has 0 saturated heterocycles. The molecule has 3 aromatic rings. The van der Waals surface area contributed by atoms with Crippen LogP contribution in [0, 0.1) is 0 Å². The second-order valence-corrected chi connectivity index (χ2v) is 8.55. The molecule has 4 N–H and O–H groups in total. The van der Waals surface area contributed by atoms with Crippen molar-refractivity contribution in [2.75, 3.05) is 6.54 Å². The summed E-state index contributed by atoms with van der Waals surface area (Å²) in [5, 5.41) is 15.9. The van der Waals surface area contributed by atoms with Gasteiger partial charge in [0.2, 0.25) is 5.91 Å². The predicted octanol–water partition coefficient (Wildman–Crippen LogP) is 3.03. The van der Waals surface area contributed by atoms with Crippen LogP contribution in [0.4, 0.5) is 4.79 Å². The summed E-state index contributed by atoms with van der Waals surface area (Å²) in [4.78, 5) is 35.0. The van der Waals surface area contributed by atoms with Crippen LogP contribution in [0.5, 0.6) is 5.75 Å². The number of carbonyl (C=O) groups excluding carboxylic acids is 2. The van der Waals surface area contributed by atoms with Gasteiger partial charge in [0, 0.05) is 23.6 Å². The third-order valence-corrected chi connectivity index (χ3v) is 5.55. The molecule has 2 heterocycles. The zero-order valence-electron chi connectivity index (χ0n) is 18.0. The van der Waals surface area contributed by atoms with Gasteiger partial charge >= 0.3 is 6.09 Å². The van der Waals surface area contributed by atoms with Gasteiger partial charge in [0.1, 0.15) is 29.1 Å². The maximum absolute atomic E-state index is 12.9. The zero-order valence-corrected chi connectivity index (χ0v) is 19.6. The van der Waals surface area contributed by atoms with Crippen molar-refractivity contribution in [3.05, 3.63) is 82.6 Å². The summed E-state index contributed by atoms with van der Waals surface area (Å²) in [6, 6.07) is 15.1. The van der Waals surface area contributed by atoms with Crippen molar-refractivity contribution in [3.8, 4) is 5.75 Å². The molecule has 2 amide bonds. The van der Waals surface area contributed by atoms with Gasteiger partial charge in [-0.2, -0.15) is 0 Å². The van der Waals surface area contributed by atoms with E-state index in [0.29, 0.717) is 4.61 Å². The molecule has 0 radical (unpaired) electrons. The number of alkyl carbamates (subject to hydrolysis) is 1. The minimum absolute atomic E-state index is 0.0115. The van der Waals surface area contributed by atoms with Crippen LogP contribution in [0.15, 0.2) is 71.5 Å². The fourth-order valence-corrected chi connectivity index (χ4v) is 3.78. The number of pyridine rings is 1. The number of para-hydroxylation sites is 1. The number of aromatic nitrogens is 1. The van der Waals surface area contributed by atoms with Crippen molar-refractivity contribution < 1.29 is 24.3 Å². The van der Waals surface area contributed by atoms with Gasteiger partial charge in [0.25, 0.3) is 0 Å². The van der Waals surface area contributed by atoms with E-state index in [2.05, 4.69) is 37.0 Å². The van der Waals surface area contributed by atoms with Gasteiger partial charge in [-0.05, 0) is 51.8 Å². The maximum atomic E-state index is 12.9. The lowest BCUT2D eigenvalue weighted by Gasteiger charge is -2.19. The van der Waals surface area contributed by atoms with E-state index in [1.165, 1.54) is 12.1 Å². The number of rotatable bonds is 8. The molecule has 2 atom stereocenters. The molecule has 0 saturated carbocycles. The third kappa shape index (κ3) is 6.46. The summed E-state index contributed by atoms with van der Waals surface area (Å²) in [7, 11) is 0. The molecule has 1 unspecified atom stereocenters. The molecule has 1 aliphatic rings. The van der Waals surface area contributed by atoms with E-state index in [9.17, 15) is 14.7 Å². The number of aromatic hydroxyl groups is 1. The van der Waals surface area contributed by atoms with Crippen LogP contribution in [-0.4, -0.2) is 40.8 Å². The number of hydrogen-bond acceptors (Lipinski definition) is 7. The first-order valence-corrected chi connectivity index (χ1v) is 11.4. The topological polar surface area (TPSA) is 122 Å². The number of ether oxygens (including phenoxy) is 1. The molecular formula is C24H23BrN4O5. The number of halogens is 1. The second kappa shape index (κ2) is 11.0. The molecule has 176 valence electrons. The first kappa shape index (κ1) is 23.5. The Labute approximate surface area is 204 Å². The van der Waals surface area contributed by atoms with Gasteiger partial charge in [0.15, 0.2) is 0 Å². The number of phenolic OH excluding ortho intramolecular Hbond substituents is 1. The monoisotopic (exact) mass is 526 g/mol. The highest BCUT2D eigenvalue weighted by atomic mass is 79.9. The van der Waals surface area contributed by atoms with E-state index in [-0.39, 0.29) is 31.4 Å². The molecule has 0 fully saturated rings. The number of phenols is 1. The largest absolute Gasteiger partial charge is 0.508 e. The number of hydrogen-bond donors (Lipinski definition) is 4. The van der Waals surface area contributed by atoms with Crippen molar-refractivity contribution >= 4 is 38.8 Å². The molecule has 0 aliphatic carbocycles. The molecular weight excluding hydrogens is 504 g/mol. The van der Waals surface area contributed by atoms with Gasteiger partial charge in [-0.1, -0.05) is 30.3 Å². The zero-order chi connectivity index (χ0) is 23.9. The van der Waals surface area contributed by atoms with Gasteiger partial charge < -0.3 is 20.5 Å². The fourth-order valence-electron chi connectivity index (χ4n) is 3.39. The Kier molecular flexibility index (Phi) is 7.61. The van der Waals surface area contributed by atoms with Crippen LogP contribution in [0.1, 0.15) is 11.1 Å². The number of hydroxylamine groups is 1. The molecule has 10 heteroatoms. The van der Waals surface area contributed by atoms with Crippen LogP contribution < -0.4 is 16.1 Å². The minimum atomic E-state index is -0.895. The van der Waals surface area contributed by atoms with E-state index in [1.807, 2.05) is 30.3 Å². The van der Waals surface area contributed by atoms with Crippen LogP contribution in [-0.2, 0) is 27.4 Å². The molecule has 2 aromatic carbocycles. The Hall–Kier alpha value is -3.63. The molecule has 1 aliphatic heterocycles. The molecule has 0 spiro atoms. The lowest BCUT2D eigenvalue weighted by atomic mass is 10.1. The average molecular weight is 527 g/mol. The van der Waals surface area contributed by atoms with E-state index in [4.69, 9.17) is 9.57 Å². The van der Waals surface area contributed by atoms with Gasteiger partial charge in [-0.3, -0.25) is 20.1 Å². The first-order chi connectivity index (χ1) is 16.5. The maximum Gasteiger partial charge on any atom is 0.408 e. The highest BCUT2D eigenvalue weighted by Gasteiger charge is 2.24. The number of benzene rings is 2. The summed E-state index contributed by atoms with van der Waals surface area (Å²) in [5.74, 6) is -0.276. The standard InChI is InChI=1S/C24H23BrN4O5/c25-22-11-19(34-29-22)13-27-23(31)21(10-15-5-7-18(30)8-6-15)28-24(32)33-14-16-9-17-3-1-2-4-20(17)26-12-16/h1-9,11-12,19,21,29-30H,10,13-14H2,(H,27,31)(H,28,32)/t19-,21?/m0/s1. The van der Waals surface area contributed by atoms with Crippen molar-refractivity contribution in [1.82, 2.24) is 21.1 Å². The Balaban J connectivity index is 1.37. The summed E-state index contributed by atoms with van der Waals surface area (Å²) in [6.45, 7) is 0.226. The highest BCUT2D eigenvalue weighted by molar-refractivity contribution is 9.11. The third-order valence-electron chi connectivity index (χ3n) is 5.12. The SMILES string of the molecule is O=C(NC(Cc1ccc(O)cc1)C(=O)NC[C@@H]1C=C(Br)NO1)OCc1cnc2ccccc2c1. The van der Waals surface area contributed by atoms with E-state index in [0.717, 1.165) is 22.0 Å². The Morgan fingerprint density at radius 1 is 1.18 bits per heavy atom. The quantitative estimate of drug-likeness (QED) is 0.333. The van der Waals surface area contributed by atoms with Gasteiger partial charge in [-0.25, -0.2) is 4.79 Å². The Morgan fingerprint density at radius 3 is 2.74 bits per heavy atom. The lowest BCUT2D eigenvalue weighted by molar-refractivity contribution is -0.123. The molecule has 9 nitrogen and oxygen atoms in total. The van der Waals surface area contributed by atoms with Crippen molar-refractivity contribution in [3.63, 3.8) is 0 Å². The molecule has 34 heavy (non-hydrogen) atoms. The summed E-state index contributed by atoms with van der Waals surface area (Å²) in [5.41, 5.74) is 5.00. The fraction of sp³-hybridized carbons (Fsp3) is 0.208. The minimum Gasteiger partial charge on any atom is -0.508 e. The van der Waals surface area contributed by atoms with E-state index >= 15 is 0 Å². The smallest absolute Gasteiger partial charge is 0.408 e. The molecule has 0 bridgehead atoms. The van der Waals surface area contributed by atoms with Crippen LogP contribution >= 0.6 is 15.9 Å². The summed E-state index contributed by atoms with van der Waals surface area (Å²) < 4.78 is 6.02. The number of carbonyl (C=O) groups is 2. The normalized spacial score (nSPS) is 15.8. The van der Waals surface area contributed by atoms with E-state index in [1.54, 1.807) is 24.4 Å². The highest BCUT2D eigenvalue weighted by Crippen LogP contribution is 2.15. The average Bonchev–Trinajstić information content (AvgIpc) is 3.27. The number of fused-ring (bicyclic) bond motifs is 1. The predicted molar refractivity (Wildman–Crippen MR) is 129 cm³/mol. The number of amides is 2. The number of nitrogens with zero attached hydrogens (tertiary/aromatic N) is 1. The summed E-state index contributed by atoms with van der Waals surface area (Å²) >= 11 is 3.26. The summed E-state index contributed by atoms with van der Waals surface area (Å²) in [6.07, 6.45) is 2.56. The molecule has 4 rings (SSSR count). The van der Waals surface area contributed by atoms with Gasteiger partial charge in [-0.15, -0.1) is 0 Å². The Morgan fingerprint density at radius 2 is 1.97 bits per heavy atom. The lowest BCUT2D eigenvalue weighted by Crippen LogP contribution is -2.49. The second-order valence-electron chi connectivity index (χ2n) is 7.70. The van der Waals surface area contributed by atoms with Crippen LogP contribution in [0.2, 0.25) is 0 Å². The van der Waals surface area contributed by atoms with Crippen molar-refractivity contribution in [2.45, 2.75) is 25.2 Å². The van der Waals surface area contributed by atoms with Crippen molar-refractivity contribution in [2.24, 2.45) is 0 Å².